The first-order valence-corrected chi connectivity index (χ1v) is 13.0. The molecular weight excluding hydrogens is 507 g/mol. The number of hydrogen-bond acceptors (Lipinski definition) is 5. The number of urea groups is 1. The van der Waals surface area contributed by atoms with E-state index in [2.05, 4.69) is 5.32 Å². The average Bonchev–Trinajstić information content (AvgIpc) is 3.20. The highest BCUT2D eigenvalue weighted by molar-refractivity contribution is 6.35. The van der Waals surface area contributed by atoms with Crippen molar-refractivity contribution in [1.82, 2.24) is 20.0 Å². The van der Waals surface area contributed by atoms with Gasteiger partial charge in [0.05, 0.1) is 36.4 Å². The van der Waals surface area contributed by atoms with Crippen LogP contribution in [0.25, 0.3) is 0 Å². The first-order chi connectivity index (χ1) is 17.2. The lowest BCUT2D eigenvalue weighted by Crippen LogP contribution is -2.52. The molecule has 3 heterocycles. The Morgan fingerprint density at radius 2 is 1.97 bits per heavy atom. The van der Waals surface area contributed by atoms with E-state index < -0.39 is 12.1 Å². The minimum absolute atomic E-state index is 0.124. The maximum Gasteiger partial charge on any atom is 0.322 e. The largest absolute Gasteiger partial charge is 0.466 e. The molecule has 1 aromatic rings. The fourth-order valence-corrected chi connectivity index (χ4v) is 5.67. The second-order valence-corrected chi connectivity index (χ2v) is 9.98. The van der Waals surface area contributed by atoms with Crippen molar-refractivity contribution in [3.05, 3.63) is 45.1 Å². The van der Waals surface area contributed by atoms with Gasteiger partial charge in [0.2, 0.25) is 5.91 Å². The summed E-state index contributed by atoms with van der Waals surface area (Å²) in [5.74, 6) is -1.24. The fraction of sp³-hybridized carbons (Fsp3) is 0.520. The summed E-state index contributed by atoms with van der Waals surface area (Å²) in [6.45, 7) is 6.82. The summed E-state index contributed by atoms with van der Waals surface area (Å²) >= 11 is 12.5. The Bertz CT molecular complexity index is 1120. The van der Waals surface area contributed by atoms with E-state index in [-0.39, 0.29) is 42.8 Å². The highest BCUT2D eigenvalue weighted by Crippen LogP contribution is 2.40. The van der Waals surface area contributed by atoms with Gasteiger partial charge in [-0.2, -0.15) is 0 Å². The van der Waals surface area contributed by atoms with Crippen LogP contribution in [0.4, 0.5) is 4.79 Å². The number of carbonyl (C=O) groups is 4. The van der Waals surface area contributed by atoms with Crippen LogP contribution in [0.5, 0.6) is 0 Å². The second kappa shape index (κ2) is 10.7. The smallest absolute Gasteiger partial charge is 0.322 e. The molecule has 4 amide bonds. The third-order valence-corrected chi connectivity index (χ3v) is 7.58. The number of carbonyl (C=O) groups excluding carboxylic acids is 4. The number of hydrogen-bond donors (Lipinski definition) is 1. The summed E-state index contributed by atoms with van der Waals surface area (Å²) in [5, 5.41) is 3.66. The lowest BCUT2D eigenvalue weighted by atomic mass is 9.95. The van der Waals surface area contributed by atoms with Crippen molar-refractivity contribution >= 4 is 47.0 Å². The van der Waals surface area contributed by atoms with Gasteiger partial charge < -0.3 is 19.9 Å². The van der Waals surface area contributed by atoms with Gasteiger partial charge in [0.25, 0.3) is 5.91 Å². The van der Waals surface area contributed by atoms with E-state index in [1.807, 2.05) is 6.92 Å². The molecule has 36 heavy (non-hydrogen) atoms. The van der Waals surface area contributed by atoms with Gasteiger partial charge in [0.1, 0.15) is 6.04 Å². The molecule has 0 radical (unpaired) electrons. The lowest BCUT2D eigenvalue weighted by molar-refractivity contribution is -0.153. The molecule has 1 N–H and O–H groups in total. The van der Waals surface area contributed by atoms with Crippen LogP contribution in [-0.4, -0.2) is 77.3 Å². The van der Waals surface area contributed by atoms with Crippen LogP contribution < -0.4 is 5.32 Å². The maximum atomic E-state index is 13.7. The summed E-state index contributed by atoms with van der Waals surface area (Å²) in [4.78, 5) is 57.0. The van der Waals surface area contributed by atoms with Gasteiger partial charge in [-0.1, -0.05) is 29.3 Å². The van der Waals surface area contributed by atoms with Crippen molar-refractivity contribution in [3.8, 4) is 0 Å². The number of nitrogens with one attached hydrogen (secondary N) is 1. The molecule has 0 aliphatic carbocycles. The molecule has 4 rings (SSSR count). The molecule has 194 valence electrons. The van der Waals surface area contributed by atoms with E-state index in [0.717, 1.165) is 0 Å². The van der Waals surface area contributed by atoms with E-state index in [4.69, 9.17) is 27.9 Å². The standard InChI is InChI=1S/C25H30Cl2N4O5/c1-4-30-19-13-31(14(3)22(32)29-10-6-7-15(12-29)24(34)36-5-2)23(33)20(19)21(28-25(30)35)17-9-8-16(26)11-18(17)27/h8-9,11,14-15,21H,4-7,10,12-13H2,1-3H3,(H,28,35). The first-order valence-electron chi connectivity index (χ1n) is 12.2. The Balaban J connectivity index is 1.58. The van der Waals surface area contributed by atoms with Gasteiger partial charge in [-0.25, -0.2) is 4.79 Å². The van der Waals surface area contributed by atoms with Crippen molar-refractivity contribution < 1.29 is 23.9 Å². The number of piperidine rings is 1. The molecule has 0 bridgehead atoms. The number of nitrogens with zero attached hydrogens (tertiary/aromatic N) is 3. The van der Waals surface area contributed by atoms with E-state index in [9.17, 15) is 19.2 Å². The van der Waals surface area contributed by atoms with Crippen molar-refractivity contribution in [2.24, 2.45) is 5.92 Å². The average molecular weight is 537 g/mol. The summed E-state index contributed by atoms with van der Waals surface area (Å²) in [7, 11) is 0. The van der Waals surface area contributed by atoms with Gasteiger partial charge >= 0.3 is 12.0 Å². The molecule has 1 fully saturated rings. The molecule has 3 aliphatic rings. The minimum atomic E-state index is -0.779. The number of amides is 4. The molecule has 3 aliphatic heterocycles. The van der Waals surface area contributed by atoms with E-state index >= 15 is 0 Å². The minimum Gasteiger partial charge on any atom is -0.466 e. The monoisotopic (exact) mass is 536 g/mol. The predicted octanol–water partition coefficient (Wildman–Crippen LogP) is 3.37. The van der Waals surface area contributed by atoms with Gasteiger partial charge in [-0.3, -0.25) is 19.3 Å². The first kappa shape index (κ1) is 26.3. The Kier molecular flexibility index (Phi) is 7.80. The summed E-state index contributed by atoms with van der Waals surface area (Å²) in [6, 6.07) is 3.03. The number of benzene rings is 1. The SMILES string of the molecule is CCOC(=O)C1CCCN(C(=O)C(C)N2CC3=C(C2=O)C(c2ccc(Cl)cc2Cl)NC(=O)N3CC)C1. The summed E-state index contributed by atoms with van der Waals surface area (Å²) in [5.41, 5.74) is 1.51. The predicted molar refractivity (Wildman–Crippen MR) is 134 cm³/mol. The van der Waals surface area contributed by atoms with Crippen molar-refractivity contribution in [1.29, 1.82) is 0 Å². The highest BCUT2D eigenvalue weighted by Gasteiger charge is 2.47. The normalized spacial score (nSPS) is 23.0. The third-order valence-electron chi connectivity index (χ3n) is 7.02. The Morgan fingerprint density at radius 3 is 2.64 bits per heavy atom. The third kappa shape index (κ3) is 4.78. The van der Waals surface area contributed by atoms with E-state index in [1.165, 1.54) is 9.80 Å². The molecule has 3 atom stereocenters. The van der Waals surface area contributed by atoms with Crippen LogP contribution in [-0.2, 0) is 19.1 Å². The molecule has 0 saturated carbocycles. The number of likely N-dealkylation sites (N-methyl/N-ethyl adjacent to an activating group) is 1. The Morgan fingerprint density at radius 1 is 1.22 bits per heavy atom. The molecule has 11 heteroatoms. The Hall–Kier alpha value is -2.78. The number of rotatable bonds is 6. The number of ether oxygens (including phenoxy) is 1. The van der Waals surface area contributed by atoms with Crippen molar-refractivity contribution in [3.63, 3.8) is 0 Å². The van der Waals surface area contributed by atoms with Gasteiger partial charge in [-0.05, 0) is 51.3 Å². The second-order valence-electron chi connectivity index (χ2n) is 9.14. The zero-order valence-electron chi connectivity index (χ0n) is 20.6. The summed E-state index contributed by atoms with van der Waals surface area (Å²) < 4.78 is 5.14. The van der Waals surface area contributed by atoms with Crippen LogP contribution in [0.2, 0.25) is 10.0 Å². The van der Waals surface area contributed by atoms with Gasteiger partial charge in [-0.15, -0.1) is 0 Å². The molecule has 0 aromatic heterocycles. The molecular formula is C25H30Cl2N4O5. The Labute approximate surface area is 220 Å². The lowest BCUT2D eigenvalue weighted by Gasteiger charge is -2.35. The van der Waals surface area contributed by atoms with Crippen molar-refractivity contribution in [2.45, 2.75) is 45.7 Å². The summed E-state index contributed by atoms with van der Waals surface area (Å²) in [6.07, 6.45) is 1.35. The van der Waals surface area contributed by atoms with Gasteiger partial charge in [0, 0.05) is 29.7 Å². The van der Waals surface area contributed by atoms with Crippen molar-refractivity contribution in [2.75, 3.05) is 32.8 Å². The maximum absolute atomic E-state index is 13.7. The van der Waals surface area contributed by atoms with E-state index in [0.29, 0.717) is 59.4 Å². The topological polar surface area (TPSA) is 99.3 Å². The van der Waals surface area contributed by atoms with Crippen LogP contribution in [0.3, 0.4) is 0 Å². The molecule has 1 saturated heterocycles. The van der Waals surface area contributed by atoms with Gasteiger partial charge in [0.15, 0.2) is 0 Å². The number of likely N-dealkylation sites (tertiary alicyclic amines) is 1. The highest BCUT2D eigenvalue weighted by atomic mass is 35.5. The fourth-order valence-electron chi connectivity index (χ4n) is 5.16. The van der Waals surface area contributed by atoms with E-state index in [1.54, 1.807) is 36.9 Å². The quantitative estimate of drug-likeness (QED) is 0.562. The molecule has 1 aromatic carbocycles. The number of esters is 1. The van der Waals surface area contributed by atoms with Crippen LogP contribution in [0.15, 0.2) is 29.5 Å². The molecule has 0 spiro atoms. The zero-order chi connectivity index (χ0) is 26.1. The van der Waals surface area contributed by atoms with Crippen LogP contribution in [0, 0.1) is 5.92 Å². The van der Waals surface area contributed by atoms with Crippen LogP contribution >= 0.6 is 23.2 Å². The zero-order valence-corrected chi connectivity index (χ0v) is 22.1. The van der Waals surface area contributed by atoms with Crippen LogP contribution in [0.1, 0.15) is 45.2 Å². The number of halogens is 2. The molecule has 9 nitrogen and oxygen atoms in total. The molecule has 3 unspecified atom stereocenters.